The van der Waals surface area contributed by atoms with Gasteiger partial charge in [-0.15, -0.1) is 11.3 Å². The van der Waals surface area contributed by atoms with E-state index in [-0.39, 0.29) is 11.3 Å². The van der Waals surface area contributed by atoms with Crippen molar-refractivity contribution in [2.24, 2.45) is 17.1 Å². The van der Waals surface area contributed by atoms with Gasteiger partial charge in [0.1, 0.15) is 0 Å². The second-order valence-electron chi connectivity index (χ2n) is 7.75. The van der Waals surface area contributed by atoms with Crippen LogP contribution in [0.2, 0.25) is 0 Å². The molecule has 128 valence electrons. The number of benzene rings is 1. The molecule has 1 aliphatic carbocycles. The predicted molar refractivity (Wildman–Crippen MR) is 96.0 cm³/mol. The molecule has 1 aromatic heterocycles. The number of ether oxygens (including phenoxy) is 1. The first-order chi connectivity index (χ1) is 11.2. The van der Waals surface area contributed by atoms with Gasteiger partial charge in [-0.2, -0.15) is 0 Å². The Morgan fingerprint density at radius 2 is 1.96 bits per heavy atom. The first-order valence-electron chi connectivity index (χ1n) is 8.22. The summed E-state index contributed by atoms with van der Waals surface area (Å²) in [4.78, 5) is 25.0. The van der Waals surface area contributed by atoms with E-state index in [2.05, 4.69) is 20.8 Å². The van der Waals surface area contributed by atoms with E-state index >= 15 is 0 Å². The fraction of sp³-hybridized carbons (Fsp3) is 0.474. The maximum absolute atomic E-state index is 12.8. The smallest absolute Gasteiger partial charge is 0.340 e. The third-order valence-electron chi connectivity index (χ3n) is 4.78. The highest BCUT2D eigenvalue weighted by molar-refractivity contribution is 7.17. The summed E-state index contributed by atoms with van der Waals surface area (Å²) in [7, 11) is 0. The Bertz CT molecular complexity index is 795. The number of thiophene rings is 1. The molecule has 1 amide bonds. The molecule has 24 heavy (non-hydrogen) atoms. The van der Waals surface area contributed by atoms with Gasteiger partial charge < -0.3 is 10.5 Å². The number of nitrogens with two attached hydrogens (primary N) is 1. The van der Waals surface area contributed by atoms with Crippen LogP contribution >= 0.6 is 11.3 Å². The van der Waals surface area contributed by atoms with E-state index < -0.39 is 17.5 Å². The Kier molecular flexibility index (Phi) is 4.16. The third kappa shape index (κ3) is 3.05. The number of carbonyl (C=O) groups is 2. The molecule has 0 radical (unpaired) electrons. The zero-order chi connectivity index (χ0) is 17.5. The third-order valence-corrected chi connectivity index (χ3v) is 5.74. The molecule has 1 aromatic carbocycles. The fourth-order valence-electron chi connectivity index (χ4n) is 4.18. The molecule has 2 aromatic rings. The maximum Gasteiger partial charge on any atom is 0.340 e. The largest absolute Gasteiger partial charge is 0.445 e. The number of fused-ring (bicyclic) bond motifs is 1. The summed E-state index contributed by atoms with van der Waals surface area (Å²) >= 11 is 1.49. The normalized spacial score (nSPS) is 26.2. The molecule has 1 heterocycles. The molecular formula is C19H23NO3S. The molecule has 4 nitrogen and oxygen atoms in total. The van der Waals surface area contributed by atoms with Crippen molar-refractivity contribution in [2.75, 3.05) is 0 Å². The van der Waals surface area contributed by atoms with Crippen LogP contribution < -0.4 is 5.73 Å². The molecule has 3 rings (SSSR count). The van der Waals surface area contributed by atoms with Gasteiger partial charge in [-0.25, -0.2) is 4.79 Å². The van der Waals surface area contributed by atoms with Crippen molar-refractivity contribution in [3.8, 4) is 0 Å². The second kappa shape index (κ2) is 5.88. The fourth-order valence-corrected chi connectivity index (χ4v) is 5.11. The summed E-state index contributed by atoms with van der Waals surface area (Å²) in [5, 5.41) is 2.65. The van der Waals surface area contributed by atoms with Gasteiger partial charge in [0.2, 0.25) is 0 Å². The monoisotopic (exact) mass is 345 g/mol. The van der Waals surface area contributed by atoms with Crippen LogP contribution in [0.15, 0.2) is 29.6 Å². The van der Waals surface area contributed by atoms with Crippen LogP contribution in [0.3, 0.4) is 0 Å². The Morgan fingerprint density at radius 1 is 1.25 bits per heavy atom. The second-order valence-corrected chi connectivity index (χ2v) is 8.66. The van der Waals surface area contributed by atoms with Crippen LogP contribution in [-0.4, -0.2) is 17.5 Å². The van der Waals surface area contributed by atoms with Gasteiger partial charge in [-0.05, 0) is 30.2 Å². The van der Waals surface area contributed by atoms with Crippen molar-refractivity contribution in [2.45, 2.75) is 45.6 Å². The molecule has 1 aliphatic rings. The zero-order valence-corrected chi connectivity index (χ0v) is 15.1. The highest BCUT2D eigenvalue weighted by Gasteiger charge is 2.50. The van der Waals surface area contributed by atoms with E-state index in [0.29, 0.717) is 18.4 Å². The molecule has 2 unspecified atom stereocenters. The molecule has 2 N–H and O–H groups in total. The minimum atomic E-state index is -1.22. The van der Waals surface area contributed by atoms with E-state index in [4.69, 9.17) is 10.5 Å². The predicted octanol–water partition coefficient (Wildman–Crippen LogP) is 4.13. The van der Waals surface area contributed by atoms with Gasteiger partial charge in [0.15, 0.2) is 5.60 Å². The molecule has 1 fully saturated rings. The zero-order valence-electron chi connectivity index (χ0n) is 14.3. The van der Waals surface area contributed by atoms with Crippen LogP contribution in [0.25, 0.3) is 10.1 Å². The van der Waals surface area contributed by atoms with Gasteiger partial charge in [0, 0.05) is 21.9 Å². The molecule has 5 heteroatoms. The van der Waals surface area contributed by atoms with Crippen LogP contribution in [0.1, 0.15) is 50.4 Å². The van der Waals surface area contributed by atoms with Gasteiger partial charge in [0.05, 0.1) is 5.56 Å². The maximum atomic E-state index is 12.8. The van der Waals surface area contributed by atoms with Gasteiger partial charge in [-0.1, -0.05) is 39.0 Å². The lowest BCUT2D eigenvalue weighted by molar-refractivity contribution is -0.148. The summed E-state index contributed by atoms with van der Waals surface area (Å²) in [6, 6.07) is 7.69. The summed E-state index contributed by atoms with van der Waals surface area (Å²) in [5.74, 6) is -0.737. The van der Waals surface area contributed by atoms with E-state index in [1.54, 1.807) is 5.38 Å². The summed E-state index contributed by atoms with van der Waals surface area (Å²) in [6.07, 6.45) is 1.94. The average molecular weight is 345 g/mol. The lowest BCUT2D eigenvalue weighted by Crippen LogP contribution is -2.54. The number of amides is 1. The Hall–Kier alpha value is -1.88. The average Bonchev–Trinajstić information content (AvgIpc) is 2.88. The van der Waals surface area contributed by atoms with Crippen molar-refractivity contribution in [3.63, 3.8) is 0 Å². The molecule has 1 saturated carbocycles. The number of primary amides is 1. The van der Waals surface area contributed by atoms with Crippen LogP contribution in [-0.2, 0) is 9.53 Å². The van der Waals surface area contributed by atoms with Crippen molar-refractivity contribution in [3.05, 3.63) is 35.2 Å². The van der Waals surface area contributed by atoms with Crippen molar-refractivity contribution < 1.29 is 14.3 Å². The minimum Gasteiger partial charge on any atom is -0.445 e. The highest BCUT2D eigenvalue weighted by Crippen LogP contribution is 2.46. The molecule has 0 saturated heterocycles. The van der Waals surface area contributed by atoms with Gasteiger partial charge in [-0.3, -0.25) is 4.79 Å². The summed E-state index contributed by atoms with van der Waals surface area (Å²) < 4.78 is 6.82. The number of rotatable bonds is 3. The van der Waals surface area contributed by atoms with Crippen molar-refractivity contribution in [1.82, 2.24) is 0 Å². The van der Waals surface area contributed by atoms with Gasteiger partial charge >= 0.3 is 5.97 Å². The van der Waals surface area contributed by atoms with Crippen molar-refractivity contribution in [1.29, 1.82) is 0 Å². The van der Waals surface area contributed by atoms with E-state index in [1.165, 1.54) is 11.3 Å². The lowest BCUT2D eigenvalue weighted by atomic mass is 9.65. The molecule has 0 spiro atoms. The minimum absolute atomic E-state index is 0.0936. The SMILES string of the molecule is CC1CC(C)(C)CC(OC(=O)c2csc3ccccc23)(C(N)=O)C1. The van der Waals surface area contributed by atoms with E-state index in [0.717, 1.165) is 16.5 Å². The summed E-state index contributed by atoms with van der Waals surface area (Å²) in [5.41, 5.74) is 4.88. The topological polar surface area (TPSA) is 69.4 Å². The van der Waals surface area contributed by atoms with E-state index in [9.17, 15) is 9.59 Å². The van der Waals surface area contributed by atoms with Crippen molar-refractivity contribution >= 4 is 33.3 Å². The standard InChI is InChI=1S/C19H23NO3S/c1-12-8-18(2,3)11-19(9-12,17(20)22)23-16(21)14-10-24-15-7-5-4-6-13(14)15/h4-7,10,12H,8-9,11H2,1-3H3,(H2,20,22). The molecule has 0 aliphatic heterocycles. The van der Waals surface area contributed by atoms with Crippen LogP contribution in [0.5, 0.6) is 0 Å². The van der Waals surface area contributed by atoms with E-state index in [1.807, 2.05) is 24.3 Å². The Labute approximate surface area is 146 Å². The summed E-state index contributed by atoms with van der Waals surface area (Å²) in [6.45, 7) is 6.26. The number of hydrogen-bond donors (Lipinski definition) is 1. The highest BCUT2D eigenvalue weighted by atomic mass is 32.1. The first kappa shape index (κ1) is 17.0. The lowest BCUT2D eigenvalue weighted by Gasteiger charge is -2.44. The molecule has 0 bridgehead atoms. The number of hydrogen-bond acceptors (Lipinski definition) is 4. The Balaban J connectivity index is 1.94. The number of carbonyl (C=O) groups excluding carboxylic acids is 2. The van der Waals surface area contributed by atoms with Crippen LogP contribution in [0.4, 0.5) is 0 Å². The Morgan fingerprint density at radius 3 is 2.62 bits per heavy atom. The van der Waals surface area contributed by atoms with Crippen LogP contribution in [0, 0.1) is 11.3 Å². The van der Waals surface area contributed by atoms with Gasteiger partial charge in [0.25, 0.3) is 5.91 Å². The number of esters is 1. The molecular weight excluding hydrogens is 322 g/mol. The first-order valence-corrected chi connectivity index (χ1v) is 9.10. The quantitative estimate of drug-likeness (QED) is 0.850. The molecule has 2 atom stereocenters.